The van der Waals surface area contributed by atoms with Crippen LogP contribution in [0, 0.1) is 11.3 Å². The minimum Gasteiger partial charge on any atom is -0.481 e. The summed E-state index contributed by atoms with van der Waals surface area (Å²) in [6, 6.07) is 13.5. The number of nitrogens with zero attached hydrogens (tertiary/aromatic N) is 3. The fourth-order valence-electron chi connectivity index (χ4n) is 2.86. The lowest BCUT2D eigenvalue weighted by atomic mass is 10.0. The third-order valence-corrected chi connectivity index (χ3v) is 5.73. The van der Waals surface area contributed by atoms with Crippen LogP contribution in [-0.4, -0.2) is 32.2 Å². The number of carbonyl (C=O) groups excluding carboxylic acids is 1. The van der Waals surface area contributed by atoms with E-state index in [1.54, 1.807) is 12.3 Å². The second-order valence-corrected chi connectivity index (χ2v) is 7.82. The zero-order valence-electron chi connectivity index (χ0n) is 14.8. The molecule has 8 heteroatoms. The van der Waals surface area contributed by atoms with E-state index in [4.69, 9.17) is 5.11 Å². The maximum Gasteiger partial charge on any atom is 0.303 e. The van der Waals surface area contributed by atoms with E-state index in [9.17, 15) is 14.9 Å². The van der Waals surface area contributed by atoms with Gasteiger partial charge in [-0.05, 0) is 34.5 Å². The Hall–Kier alpha value is -2.63. The first-order valence-corrected chi connectivity index (χ1v) is 10.3. The summed E-state index contributed by atoms with van der Waals surface area (Å²) in [5, 5.41) is 20.4. The van der Waals surface area contributed by atoms with Gasteiger partial charge in [0.1, 0.15) is 10.4 Å². The molecular formula is C20H16BrN3O3S. The summed E-state index contributed by atoms with van der Waals surface area (Å²) in [5.74, 6) is -0.689. The van der Waals surface area contributed by atoms with Gasteiger partial charge in [0.05, 0.1) is 29.3 Å². The maximum absolute atomic E-state index is 12.0. The standard InChI is InChI=1S/C20H16BrN3O3S/c21-18-11-23-20(28-12-14(25)4-3-7-19(26)27)24(18)17-9-8-13(10-22)15-5-1-2-6-16(15)17/h1-2,5-6,8-9,11H,3-4,7,12H2,(H,26,27). The number of carbonyl (C=O) groups is 2. The molecule has 0 spiro atoms. The monoisotopic (exact) mass is 457 g/mol. The van der Waals surface area contributed by atoms with Crippen LogP contribution >= 0.6 is 27.7 Å². The number of imidazole rings is 1. The molecule has 1 heterocycles. The Balaban J connectivity index is 1.86. The molecule has 6 nitrogen and oxygen atoms in total. The van der Waals surface area contributed by atoms with Gasteiger partial charge in [-0.25, -0.2) is 4.98 Å². The van der Waals surface area contributed by atoms with E-state index in [-0.39, 0.29) is 24.4 Å². The number of fused-ring (bicyclic) bond motifs is 1. The summed E-state index contributed by atoms with van der Waals surface area (Å²) in [6.45, 7) is 0. The predicted octanol–water partition coefficient (Wildman–Crippen LogP) is 4.58. The molecule has 0 atom stereocenters. The number of hydrogen-bond donors (Lipinski definition) is 1. The Morgan fingerprint density at radius 3 is 2.64 bits per heavy atom. The van der Waals surface area contributed by atoms with Crippen LogP contribution in [0.2, 0.25) is 0 Å². The molecule has 0 bridgehead atoms. The van der Waals surface area contributed by atoms with Crippen molar-refractivity contribution >= 4 is 50.2 Å². The maximum atomic E-state index is 12.0. The van der Waals surface area contributed by atoms with Crippen molar-refractivity contribution in [3.8, 4) is 11.8 Å². The number of Topliss-reactive ketones (excluding diaryl/α,β-unsaturated/α-hetero) is 1. The van der Waals surface area contributed by atoms with Gasteiger partial charge < -0.3 is 5.11 Å². The van der Waals surface area contributed by atoms with Crippen LogP contribution in [0.1, 0.15) is 24.8 Å². The lowest BCUT2D eigenvalue weighted by molar-refractivity contribution is -0.137. The number of hydrogen-bond acceptors (Lipinski definition) is 5. The van der Waals surface area contributed by atoms with Crippen molar-refractivity contribution in [1.29, 1.82) is 5.26 Å². The zero-order valence-corrected chi connectivity index (χ0v) is 17.2. The van der Waals surface area contributed by atoms with Crippen molar-refractivity contribution < 1.29 is 14.7 Å². The van der Waals surface area contributed by atoms with Crippen molar-refractivity contribution in [2.24, 2.45) is 0 Å². The molecule has 0 aliphatic heterocycles. The molecule has 0 amide bonds. The Labute approximate surface area is 174 Å². The van der Waals surface area contributed by atoms with Gasteiger partial charge in [-0.3, -0.25) is 14.2 Å². The summed E-state index contributed by atoms with van der Waals surface area (Å²) >= 11 is 4.82. The fourth-order valence-corrected chi connectivity index (χ4v) is 4.33. The van der Waals surface area contributed by atoms with Crippen molar-refractivity contribution in [1.82, 2.24) is 9.55 Å². The van der Waals surface area contributed by atoms with Crippen LogP contribution in [0.25, 0.3) is 16.5 Å². The molecule has 28 heavy (non-hydrogen) atoms. The lowest BCUT2D eigenvalue weighted by Crippen LogP contribution is -2.05. The van der Waals surface area contributed by atoms with Gasteiger partial charge in [-0.2, -0.15) is 5.26 Å². The van der Waals surface area contributed by atoms with E-state index >= 15 is 0 Å². The number of aliphatic carboxylic acids is 1. The van der Waals surface area contributed by atoms with E-state index in [0.717, 1.165) is 21.1 Å². The van der Waals surface area contributed by atoms with Crippen LogP contribution < -0.4 is 0 Å². The van der Waals surface area contributed by atoms with Crippen molar-refractivity contribution in [2.75, 3.05) is 5.75 Å². The molecule has 1 N–H and O–H groups in total. The highest BCUT2D eigenvalue weighted by atomic mass is 79.9. The summed E-state index contributed by atoms with van der Waals surface area (Å²) in [6.07, 6.45) is 2.24. The fraction of sp³-hybridized carbons (Fsp3) is 0.200. The average molecular weight is 458 g/mol. The summed E-state index contributed by atoms with van der Waals surface area (Å²) in [7, 11) is 0. The minimum absolute atomic E-state index is 0.00614. The first kappa shape index (κ1) is 20.1. The van der Waals surface area contributed by atoms with Crippen LogP contribution in [-0.2, 0) is 9.59 Å². The second-order valence-electron chi connectivity index (χ2n) is 6.06. The molecule has 0 fully saturated rings. The molecule has 0 radical (unpaired) electrons. The highest BCUT2D eigenvalue weighted by Crippen LogP contribution is 2.32. The SMILES string of the molecule is N#Cc1ccc(-n2c(Br)cnc2SCC(=O)CCCC(=O)O)c2ccccc12. The minimum atomic E-state index is -0.896. The molecule has 3 aromatic rings. The molecule has 1 aromatic heterocycles. The van der Waals surface area contributed by atoms with E-state index in [2.05, 4.69) is 27.0 Å². The van der Waals surface area contributed by atoms with Crippen molar-refractivity contribution in [3.63, 3.8) is 0 Å². The molecule has 0 aliphatic rings. The molecule has 3 rings (SSSR count). The van der Waals surface area contributed by atoms with Gasteiger partial charge in [0.25, 0.3) is 0 Å². The lowest BCUT2D eigenvalue weighted by Gasteiger charge is -2.13. The number of aromatic nitrogens is 2. The van der Waals surface area contributed by atoms with Crippen molar-refractivity contribution in [3.05, 3.63) is 52.8 Å². The van der Waals surface area contributed by atoms with Crippen LogP contribution in [0.15, 0.2) is 52.4 Å². The zero-order chi connectivity index (χ0) is 20.1. The van der Waals surface area contributed by atoms with Gasteiger partial charge in [0.2, 0.25) is 0 Å². The Morgan fingerprint density at radius 2 is 1.93 bits per heavy atom. The molecule has 0 unspecified atom stereocenters. The van der Waals surface area contributed by atoms with Gasteiger partial charge in [0, 0.05) is 23.6 Å². The Kier molecular flexibility index (Phi) is 6.49. The largest absolute Gasteiger partial charge is 0.481 e. The predicted molar refractivity (Wildman–Crippen MR) is 111 cm³/mol. The Morgan fingerprint density at radius 1 is 1.18 bits per heavy atom. The number of carboxylic acid groups (broad SMARTS) is 1. The molecular weight excluding hydrogens is 442 g/mol. The number of thioether (sulfide) groups is 1. The van der Waals surface area contributed by atoms with E-state index < -0.39 is 5.97 Å². The third-order valence-electron chi connectivity index (χ3n) is 4.16. The third kappa shape index (κ3) is 4.43. The van der Waals surface area contributed by atoms with Gasteiger partial charge in [0.15, 0.2) is 5.16 Å². The average Bonchev–Trinajstić information content (AvgIpc) is 3.05. The molecule has 0 aliphatic carbocycles. The van der Waals surface area contributed by atoms with Crippen LogP contribution in [0.3, 0.4) is 0 Å². The van der Waals surface area contributed by atoms with E-state index in [1.807, 2.05) is 34.9 Å². The van der Waals surface area contributed by atoms with E-state index in [0.29, 0.717) is 17.1 Å². The summed E-state index contributed by atoms with van der Waals surface area (Å²) in [5.41, 5.74) is 1.46. The highest BCUT2D eigenvalue weighted by molar-refractivity contribution is 9.10. The normalized spacial score (nSPS) is 10.7. The van der Waals surface area contributed by atoms with Gasteiger partial charge in [-0.15, -0.1) is 0 Å². The molecule has 142 valence electrons. The summed E-state index contributed by atoms with van der Waals surface area (Å²) in [4.78, 5) is 27.0. The highest BCUT2D eigenvalue weighted by Gasteiger charge is 2.16. The summed E-state index contributed by atoms with van der Waals surface area (Å²) < 4.78 is 2.64. The topological polar surface area (TPSA) is 96.0 Å². The number of benzene rings is 2. The Bertz CT molecular complexity index is 1090. The van der Waals surface area contributed by atoms with Crippen LogP contribution in [0.4, 0.5) is 0 Å². The van der Waals surface area contributed by atoms with Gasteiger partial charge >= 0.3 is 5.97 Å². The number of carboxylic acids is 1. The van der Waals surface area contributed by atoms with E-state index in [1.165, 1.54) is 11.8 Å². The first-order valence-electron chi connectivity index (χ1n) is 8.53. The molecule has 0 saturated heterocycles. The first-order chi connectivity index (χ1) is 13.5. The number of halogens is 1. The van der Waals surface area contributed by atoms with Gasteiger partial charge in [-0.1, -0.05) is 36.0 Å². The number of nitriles is 1. The molecule has 2 aromatic carbocycles. The molecule has 0 saturated carbocycles. The smallest absolute Gasteiger partial charge is 0.303 e. The second kappa shape index (κ2) is 9.04. The van der Waals surface area contributed by atoms with Crippen molar-refractivity contribution in [2.45, 2.75) is 24.4 Å². The quantitative estimate of drug-likeness (QED) is 0.497. The van der Waals surface area contributed by atoms with Crippen LogP contribution in [0.5, 0.6) is 0 Å². The number of ketones is 1. The number of rotatable bonds is 8.